The lowest BCUT2D eigenvalue weighted by Crippen LogP contribution is -2.39. The van der Waals surface area contributed by atoms with Crippen molar-refractivity contribution >= 4 is 5.91 Å². The molecule has 1 fully saturated rings. The van der Waals surface area contributed by atoms with Crippen LogP contribution in [0.25, 0.3) is 0 Å². The van der Waals surface area contributed by atoms with E-state index in [-0.39, 0.29) is 5.91 Å². The summed E-state index contributed by atoms with van der Waals surface area (Å²) in [5.74, 6) is 1.70. The maximum atomic E-state index is 12.5. The Kier molecular flexibility index (Phi) is 5.53. The van der Waals surface area contributed by atoms with E-state index < -0.39 is 0 Å². The summed E-state index contributed by atoms with van der Waals surface area (Å²) in [5, 5.41) is 8.39. The third-order valence-corrected chi connectivity index (χ3v) is 4.68. The van der Waals surface area contributed by atoms with E-state index in [1.807, 2.05) is 23.1 Å². The average molecular weight is 344 g/mol. The fourth-order valence-corrected chi connectivity index (χ4v) is 3.22. The summed E-state index contributed by atoms with van der Waals surface area (Å²) in [5.41, 5.74) is 1.02. The minimum atomic E-state index is 0.185. The van der Waals surface area contributed by atoms with Crippen LogP contribution in [0.15, 0.2) is 30.6 Å². The Balaban J connectivity index is 1.52. The summed E-state index contributed by atoms with van der Waals surface area (Å²) in [6.45, 7) is 1.51. The number of aromatic nitrogens is 3. The molecule has 1 aromatic carbocycles. The molecule has 0 unspecified atom stereocenters. The quantitative estimate of drug-likeness (QED) is 0.802. The lowest BCUT2D eigenvalue weighted by Gasteiger charge is -2.31. The molecule has 1 amide bonds. The zero-order chi connectivity index (χ0) is 17.6. The molecule has 134 valence electrons. The van der Waals surface area contributed by atoms with Gasteiger partial charge in [0.1, 0.15) is 11.5 Å². The lowest BCUT2D eigenvalue weighted by molar-refractivity contribution is -0.132. The van der Waals surface area contributed by atoms with Crippen molar-refractivity contribution in [3.63, 3.8) is 0 Å². The Labute approximate surface area is 147 Å². The Hall–Kier alpha value is -2.57. The van der Waals surface area contributed by atoms with Crippen molar-refractivity contribution in [3.8, 4) is 11.5 Å². The fraction of sp³-hybridized carbons (Fsp3) is 0.500. The minimum Gasteiger partial charge on any atom is -0.497 e. The van der Waals surface area contributed by atoms with Gasteiger partial charge in [-0.2, -0.15) is 15.0 Å². The Bertz CT molecular complexity index is 694. The highest BCUT2D eigenvalue weighted by atomic mass is 16.5. The molecular formula is C18H24N4O3. The number of aryl methyl sites for hydroxylation is 1. The highest BCUT2D eigenvalue weighted by Crippen LogP contribution is 2.26. The molecule has 0 saturated carbocycles. The van der Waals surface area contributed by atoms with Gasteiger partial charge in [-0.3, -0.25) is 4.79 Å². The molecular weight excluding hydrogens is 320 g/mol. The third-order valence-electron chi connectivity index (χ3n) is 4.68. The van der Waals surface area contributed by atoms with Crippen LogP contribution < -0.4 is 9.47 Å². The van der Waals surface area contributed by atoms with Crippen LogP contribution in [0.1, 0.15) is 30.9 Å². The number of carbonyl (C=O) groups is 1. The first-order valence-corrected chi connectivity index (χ1v) is 8.55. The molecule has 3 rings (SSSR count). The highest BCUT2D eigenvalue weighted by molar-refractivity contribution is 5.76. The normalized spacial score (nSPS) is 15.2. The molecule has 25 heavy (non-hydrogen) atoms. The van der Waals surface area contributed by atoms with Crippen LogP contribution in [0.2, 0.25) is 0 Å². The predicted molar refractivity (Wildman–Crippen MR) is 92.7 cm³/mol. The molecule has 0 atom stereocenters. The Morgan fingerprint density at radius 3 is 2.52 bits per heavy atom. The number of amides is 1. The second-order valence-corrected chi connectivity index (χ2v) is 6.14. The number of likely N-dealkylation sites (tertiary alicyclic amines) is 1. The topological polar surface area (TPSA) is 69.5 Å². The van der Waals surface area contributed by atoms with E-state index in [0.717, 1.165) is 43.0 Å². The van der Waals surface area contributed by atoms with Crippen LogP contribution in [0.4, 0.5) is 0 Å². The van der Waals surface area contributed by atoms with Crippen molar-refractivity contribution in [2.45, 2.75) is 31.7 Å². The van der Waals surface area contributed by atoms with E-state index in [2.05, 4.69) is 10.2 Å². The van der Waals surface area contributed by atoms with Gasteiger partial charge in [0.2, 0.25) is 5.91 Å². The number of hydrogen-bond donors (Lipinski definition) is 0. The van der Waals surface area contributed by atoms with E-state index in [1.165, 1.54) is 0 Å². The Morgan fingerprint density at radius 2 is 1.88 bits per heavy atom. The SMILES string of the molecule is COc1ccc(CCC(=O)N2CCC(n3nccn3)CC2)c(OC)c1. The van der Waals surface area contributed by atoms with Crippen molar-refractivity contribution in [2.75, 3.05) is 27.3 Å². The van der Waals surface area contributed by atoms with Gasteiger partial charge in [-0.1, -0.05) is 6.07 Å². The number of rotatable bonds is 6. The predicted octanol–water partition coefficient (Wildman–Crippen LogP) is 2.09. The summed E-state index contributed by atoms with van der Waals surface area (Å²) >= 11 is 0. The van der Waals surface area contributed by atoms with Crippen molar-refractivity contribution in [1.29, 1.82) is 0 Å². The molecule has 0 aliphatic carbocycles. The second-order valence-electron chi connectivity index (χ2n) is 6.14. The molecule has 1 aliphatic rings. The molecule has 0 radical (unpaired) electrons. The molecule has 7 nitrogen and oxygen atoms in total. The highest BCUT2D eigenvalue weighted by Gasteiger charge is 2.24. The lowest BCUT2D eigenvalue weighted by atomic mass is 10.0. The first-order valence-electron chi connectivity index (χ1n) is 8.55. The number of hydrogen-bond acceptors (Lipinski definition) is 5. The molecule has 2 aromatic rings. The molecule has 0 bridgehead atoms. The number of ether oxygens (including phenoxy) is 2. The maximum absolute atomic E-state index is 12.5. The monoisotopic (exact) mass is 344 g/mol. The first-order chi connectivity index (χ1) is 12.2. The molecule has 1 aromatic heterocycles. The standard InChI is InChI=1S/C18H24N4O3/c1-24-16-5-3-14(17(13-16)25-2)4-6-18(23)21-11-7-15(8-12-21)22-19-9-10-20-22/h3,5,9-10,13,15H,4,6-8,11-12H2,1-2H3. The zero-order valence-electron chi connectivity index (χ0n) is 14.7. The van der Waals surface area contributed by atoms with Crippen LogP contribution in [-0.2, 0) is 11.2 Å². The number of carbonyl (C=O) groups excluding carboxylic acids is 1. The smallest absolute Gasteiger partial charge is 0.222 e. The summed E-state index contributed by atoms with van der Waals surface area (Å²) in [4.78, 5) is 16.2. The molecule has 7 heteroatoms. The van der Waals surface area contributed by atoms with Gasteiger partial charge in [-0.05, 0) is 30.9 Å². The third kappa shape index (κ3) is 4.10. The summed E-state index contributed by atoms with van der Waals surface area (Å²) < 4.78 is 10.6. The van der Waals surface area contributed by atoms with E-state index >= 15 is 0 Å². The number of nitrogens with zero attached hydrogens (tertiary/aromatic N) is 4. The van der Waals surface area contributed by atoms with E-state index in [0.29, 0.717) is 18.9 Å². The molecule has 2 heterocycles. The fourth-order valence-electron chi connectivity index (χ4n) is 3.22. The summed E-state index contributed by atoms with van der Waals surface area (Å²) in [7, 11) is 3.26. The van der Waals surface area contributed by atoms with Gasteiger partial charge in [0.25, 0.3) is 0 Å². The van der Waals surface area contributed by atoms with Crippen LogP contribution in [0, 0.1) is 0 Å². The number of piperidine rings is 1. The zero-order valence-corrected chi connectivity index (χ0v) is 14.7. The van der Waals surface area contributed by atoms with Crippen molar-refractivity contribution in [1.82, 2.24) is 19.9 Å². The van der Waals surface area contributed by atoms with Gasteiger partial charge >= 0.3 is 0 Å². The average Bonchev–Trinajstić information content (AvgIpc) is 3.20. The van der Waals surface area contributed by atoms with Crippen LogP contribution in [0.3, 0.4) is 0 Å². The van der Waals surface area contributed by atoms with Crippen molar-refractivity contribution in [2.24, 2.45) is 0 Å². The Morgan fingerprint density at radius 1 is 1.16 bits per heavy atom. The molecule has 1 saturated heterocycles. The number of benzene rings is 1. The summed E-state index contributed by atoms with van der Waals surface area (Å²) in [6, 6.07) is 5.99. The minimum absolute atomic E-state index is 0.185. The van der Waals surface area contributed by atoms with E-state index in [9.17, 15) is 4.79 Å². The van der Waals surface area contributed by atoms with Crippen molar-refractivity contribution in [3.05, 3.63) is 36.2 Å². The van der Waals surface area contributed by atoms with Crippen LogP contribution >= 0.6 is 0 Å². The van der Waals surface area contributed by atoms with Gasteiger partial charge in [-0.25, -0.2) is 0 Å². The molecule has 0 spiro atoms. The van der Waals surface area contributed by atoms with E-state index in [1.54, 1.807) is 31.4 Å². The largest absolute Gasteiger partial charge is 0.497 e. The van der Waals surface area contributed by atoms with Gasteiger partial charge in [0, 0.05) is 25.6 Å². The van der Waals surface area contributed by atoms with Crippen LogP contribution in [-0.4, -0.2) is 53.1 Å². The van der Waals surface area contributed by atoms with Gasteiger partial charge in [0.05, 0.1) is 32.7 Å². The maximum Gasteiger partial charge on any atom is 0.222 e. The molecule has 0 N–H and O–H groups in total. The van der Waals surface area contributed by atoms with E-state index in [4.69, 9.17) is 9.47 Å². The second kappa shape index (κ2) is 8.00. The summed E-state index contributed by atoms with van der Waals surface area (Å²) in [6.07, 6.45) is 6.32. The molecule has 1 aliphatic heterocycles. The van der Waals surface area contributed by atoms with Gasteiger partial charge in [0.15, 0.2) is 0 Å². The number of methoxy groups -OCH3 is 2. The van der Waals surface area contributed by atoms with Gasteiger partial charge in [-0.15, -0.1) is 0 Å². The van der Waals surface area contributed by atoms with Crippen LogP contribution in [0.5, 0.6) is 11.5 Å². The first kappa shape index (κ1) is 17.3. The van der Waals surface area contributed by atoms with Gasteiger partial charge < -0.3 is 14.4 Å². The van der Waals surface area contributed by atoms with Crippen molar-refractivity contribution < 1.29 is 14.3 Å².